The van der Waals surface area contributed by atoms with Gasteiger partial charge in [0.25, 0.3) is 0 Å². The molecule has 0 bridgehead atoms. The first-order chi connectivity index (χ1) is 9.77. The first kappa shape index (κ1) is 13.5. The number of hydrogen-bond acceptors (Lipinski definition) is 3. The number of hydrogen-bond donors (Lipinski definition) is 0. The zero-order valence-corrected chi connectivity index (χ0v) is 13.5. The predicted octanol–water partition coefficient (Wildman–Crippen LogP) is 4.76. The van der Waals surface area contributed by atoms with Crippen molar-refractivity contribution in [3.05, 3.63) is 21.9 Å². The highest BCUT2D eigenvalue weighted by molar-refractivity contribution is 7.81. The van der Waals surface area contributed by atoms with Crippen molar-refractivity contribution in [2.45, 2.75) is 74.6 Å². The minimum absolute atomic E-state index is 0.184. The molecule has 2 fully saturated rings. The highest BCUT2D eigenvalue weighted by Gasteiger charge is 2.53. The van der Waals surface area contributed by atoms with Gasteiger partial charge in [-0.25, -0.2) is 4.21 Å². The highest BCUT2D eigenvalue weighted by Crippen LogP contribution is 2.56. The van der Waals surface area contributed by atoms with Crippen LogP contribution in [0.15, 0.2) is 10.8 Å². The Kier molecular flexibility index (Phi) is 3.32. The molecule has 1 atom stereocenters. The molecule has 20 heavy (non-hydrogen) atoms. The van der Waals surface area contributed by atoms with Crippen LogP contribution in [0.2, 0.25) is 0 Å². The van der Waals surface area contributed by atoms with Gasteiger partial charge in [0.15, 0.2) is 11.1 Å². The fraction of sp³-hybridized carbons (Fsp3) is 0.750. The molecule has 2 spiro atoms. The van der Waals surface area contributed by atoms with Gasteiger partial charge in [0.1, 0.15) is 5.60 Å². The molecule has 3 aliphatic rings. The number of rotatable bonds is 0. The molecule has 4 heteroatoms. The van der Waals surface area contributed by atoms with Gasteiger partial charge in [-0.05, 0) is 42.0 Å². The van der Waals surface area contributed by atoms with Crippen molar-refractivity contribution < 1.29 is 8.39 Å². The summed E-state index contributed by atoms with van der Waals surface area (Å²) in [5.41, 5.74) is 2.55. The van der Waals surface area contributed by atoms with E-state index in [1.54, 1.807) is 11.3 Å². The molecule has 2 nitrogen and oxygen atoms in total. The van der Waals surface area contributed by atoms with Crippen LogP contribution in [0.4, 0.5) is 0 Å². The quantitative estimate of drug-likeness (QED) is 0.690. The molecule has 0 amide bonds. The van der Waals surface area contributed by atoms with E-state index >= 15 is 0 Å². The average Bonchev–Trinajstić information content (AvgIpc) is 2.99. The van der Waals surface area contributed by atoms with Gasteiger partial charge < -0.3 is 0 Å². The van der Waals surface area contributed by atoms with E-state index in [1.807, 2.05) is 0 Å². The van der Waals surface area contributed by atoms with E-state index in [1.165, 1.54) is 49.7 Å². The standard InChI is InChI=1S/C16H22O2S2/c17-20-16(9-5-2-6-10-16)14-12-19-11-13(14)15(18-20)7-3-1-4-8-15/h11-12H,1-10H2. The van der Waals surface area contributed by atoms with Crippen molar-refractivity contribution in [3.8, 4) is 0 Å². The molecule has 0 radical (unpaired) electrons. The van der Waals surface area contributed by atoms with Crippen LogP contribution in [0, 0.1) is 0 Å². The third-order valence-corrected chi connectivity index (χ3v) is 8.00. The van der Waals surface area contributed by atoms with Crippen molar-refractivity contribution in [2.75, 3.05) is 0 Å². The first-order valence-corrected chi connectivity index (χ1v) is 9.97. The van der Waals surface area contributed by atoms with E-state index in [0.717, 1.165) is 25.7 Å². The van der Waals surface area contributed by atoms with E-state index in [4.69, 9.17) is 4.18 Å². The Morgan fingerprint density at radius 1 is 0.900 bits per heavy atom. The smallest absolute Gasteiger partial charge is 0.167 e. The lowest BCUT2D eigenvalue weighted by Crippen LogP contribution is -2.47. The second-order valence-corrected chi connectivity index (χ2v) is 8.79. The van der Waals surface area contributed by atoms with Gasteiger partial charge in [-0.15, -0.1) is 0 Å². The zero-order valence-electron chi connectivity index (χ0n) is 11.9. The molecule has 0 N–H and O–H groups in total. The maximum atomic E-state index is 13.0. The molecule has 1 aromatic heterocycles. The molecule has 2 saturated carbocycles. The maximum Gasteiger partial charge on any atom is 0.167 e. The first-order valence-electron chi connectivity index (χ1n) is 7.95. The Morgan fingerprint density at radius 3 is 2.20 bits per heavy atom. The lowest BCUT2D eigenvalue weighted by Gasteiger charge is -2.48. The average molecular weight is 310 g/mol. The SMILES string of the molecule is O=S1OC2(CCCCC2)c2cscc2C12CCCCC2. The van der Waals surface area contributed by atoms with E-state index in [-0.39, 0.29) is 10.3 Å². The van der Waals surface area contributed by atoms with Crippen LogP contribution >= 0.6 is 11.3 Å². The van der Waals surface area contributed by atoms with Crippen LogP contribution in [0.5, 0.6) is 0 Å². The zero-order chi connectivity index (χ0) is 13.6. The third-order valence-electron chi connectivity index (χ3n) is 5.52. The van der Waals surface area contributed by atoms with E-state index in [9.17, 15) is 4.21 Å². The Hall–Kier alpha value is -0.190. The Morgan fingerprint density at radius 2 is 1.50 bits per heavy atom. The lowest BCUT2D eigenvalue weighted by atomic mass is 9.74. The summed E-state index contributed by atoms with van der Waals surface area (Å²) < 4.78 is 19.1. The van der Waals surface area contributed by atoms with Crippen LogP contribution < -0.4 is 0 Å². The normalized spacial score (nSPS) is 31.3. The molecule has 2 heterocycles. The monoisotopic (exact) mass is 310 g/mol. The second-order valence-electron chi connectivity index (χ2n) is 6.63. The molecular weight excluding hydrogens is 288 g/mol. The van der Waals surface area contributed by atoms with Crippen molar-refractivity contribution in [3.63, 3.8) is 0 Å². The number of fused-ring (bicyclic) bond motifs is 3. The third kappa shape index (κ3) is 1.80. The molecule has 2 aliphatic carbocycles. The minimum atomic E-state index is -1.16. The van der Waals surface area contributed by atoms with Crippen LogP contribution in [-0.4, -0.2) is 4.21 Å². The number of thiophene rings is 1. The summed E-state index contributed by atoms with van der Waals surface area (Å²) in [6.45, 7) is 0. The molecule has 1 aromatic rings. The molecule has 1 aliphatic heterocycles. The van der Waals surface area contributed by atoms with E-state index in [0.29, 0.717) is 0 Å². The van der Waals surface area contributed by atoms with E-state index in [2.05, 4.69) is 10.8 Å². The maximum absolute atomic E-state index is 13.0. The highest BCUT2D eigenvalue weighted by atomic mass is 32.2. The summed E-state index contributed by atoms with van der Waals surface area (Å²) in [4.78, 5) is 0. The summed E-state index contributed by atoms with van der Waals surface area (Å²) in [5.74, 6) is 0. The van der Waals surface area contributed by atoms with Crippen molar-refractivity contribution in [1.29, 1.82) is 0 Å². The Balaban J connectivity index is 1.82. The summed E-state index contributed by atoms with van der Waals surface area (Å²) in [6, 6.07) is 0. The van der Waals surface area contributed by atoms with Crippen LogP contribution in [0.3, 0.4) is 0 Å². The van der Waals surface area contributed by atoms with Crippen LogP contribution in [0.25, 0.3) is 0 Å². The van der Waals surface area contributed by atoms with Gasteiger partial charge in [-0.1, -0.05) is 38.5 Å². The Bertz CT molecular complexity index is 522. The van der Waals surface area contributed by atoms with Gasteiger partial charge in [0.2, 0.25) is 0 Å². The van der Waals surface area contributed by atoms with Gasteiger partial charge in [-0.2, -0.15) is 11.3 Å². The van der Waals surface area contributed by atoms with Crippen LogP contribution in [0.1, 0.15) is 75.3 Å². The van der Waals surface area contributed by atoms with E-state index < -0.39 is 11.1 Å². The van der Waals surface area contributed by atoms with Gasteiger partial charge in [0.05, 0.1) is 4.75 Å². The fourth-order valence-electron chi connectivity index (χ4n) is 4.40. The largest absolute Gasteiger partial charge is 0.278 e. The lowest BCUT2D eigenvalue weighted by molar-refractivity contribution is 0.0271. The molecule has 0 saturated heterocycles. The minimum Gasteiger partial charge on any atom is -0.278 e. The summed E-state index contributed by atoms with van der Waals surface area (Å²) in [6.07, 6.45) is 11.6. The molecule has 0 aromatic carbocycles. The molecular formula is C16H22O2S2. The topological polar surface area (TPSA) is 26.3 Å². The fourth-order valence-corrected chi connectivity index (χ4v) is 7.18. The second kappa shape index (κ2) is 4.92. The van der Waals surface area contributed by atoms with Gasteiger partial charge in [-0.3, -0.25) is 4.18 Å². The van der Waals surface area contributed by atoms with Gasteiger partial charge in [0, 0.05) is 5.56 Å². The predicted molar refractivity (Wildman–Crippen MR) is 83.1 cm³/mol. The molecule has 4 rings (SSSR count). The summed E-state index contributed by atoms with van der Waals surface area (Å²) in [5, 5.41) is 4.56. The van der Waals surface area contributed by atoms with Crippen molar-refractivity contribution >= 4 is 22.4 Å². The molecule has 110 valence electrons. The summed E-state index contributed by atoms with van der Waals surface area (Å²) >= 11 is 0.623. The van der Waals surface area contributed by atoms with Crippen molar-refractivity contribution in [1.82, 2.24) is 0 Å². The van der Waals surface area contributed by atoms with Gasteiger partial charge >= 0.3 is 0 Å². The summed E-state index contributed by atoms with van der Waals surface area (Å²) in [7, 11) is 0. The van der Waals surface area contributed by atoms with Crippen molar-refractivity contribution in [2.24, 2.45) is 0 Å². The van der Waals surface area contributed by atoms with Crippen LogP contribution in [-0.2, 0) is 25.6 Å². The Labute approximate surface area is 127 Å². The molecule has 1 unspecified atom stereocenters.